The van der Waals surface area contributed by atoms with E-state index < -0.39 is 0 Å². The zero-order chi connectivity index (χ0) is 10.0. The van der Waals surface area contributed by atoms with Crippen molar-refractivity contribution in [3.8, 4) is 0 Å². The molecule has 0 N–H and O–H groups in total. The molecule has 1 aliphatic carbocycles. The normalized spacial score (nSPS) is 16.2. The molecule has 0 aromatic heterocycles. The average molecular weight is 181 g/mol. The lowest BCUT2D eigenvalue weighted by molar-refractivity contribution is -0.164. The van der Waals surface area contributed by atoms with Crippen LogP contribution < -0.4 is 0 Å². The molecule has 0 fully saturated rings. The third kappa shape index (κ3) is 1.98. The van der Waals surface area contributed by atoms with Crippen LogP contribution in [0.1, 0.15) is 20.3 Å². The fourth-order valence-corrected chi connectivity index (χ4v) is 1.28. The van der Waals surface area contributed by atoms with Gasteiger partial charge in [-0.3, -0.25) is 9.63 Å². The van der Waals surface area contributed by atoms with E-state index in [2.05, 4.69) is 0 Å². The number of hydrogen-bond donors (Lipinski definition) is 0. The highest BCUT2D eigenvalue weighted by molar-refractivity contribution is 5.94. The van der Waals surface area contributed by atoms with Gasteiger partial charge in [0.05, 0.1) is 7.11 Å². The first kappa shape index (κ1) is 9.99. The van der Waals surface area contributed by atoms with E-state index in [9.17, 15) is 4.79 Å². The van der Waals surface area contributed by atoms with Gasteiger partial charge < -0.3 is 0 Å². The summed E-state index contributed by atoms with van der Waals surface area (Å²) in [7, 11) is 3.10. The second-order valence-electron chi connectivity index (χ2n) is 3.29. The number of amides is 1. The summed E-state index contributed by atoms with van der Waals surface area (Å²) in [6, 6.07) is 0. The lowest BCUT2D eigenvalue weighted by Crippen LogP contribution is -2.26. The van der Waals surface area contributed by atoms with E-state index in [1.165, 1.54) is 23.3 Å². The first-order valence-corrected chi connectivity index (χ1v) is 4.25. The van der Waals surface area contributed by atoms with Gasteiger partial charge in [-0.15, -0.1) is 0 Å². The topological polar surface area (TPSA) is 29.5 Å². The number of hydroxylamine groups is 2. The van der Waals surface area contributed by atoms with Crippen molar-refractivity contribution in [3.05, 3.63) is 22.8 Å². The Labute approximate surface area is 78.6 Å². The van der Waals surface area contributed by atoms with E-state index in [0.717, 1.165) is 12.0 Å². The lowest BCUT2D eigenvalue weighted by Gasteiger charge is -2.13. The van der Waals surface area contributed by atoms with Crippen molar-refractivity contribution in [2.45, 2.75) is 20.3 Å². The first-order valence-electron chi connectivity index (χ1n) is 4.25. The number of nitrogens with zero attached hydrogens (tertiary/aromatic N) is 1. The highest BCUT2D eigenvalue weighted by Gasteiger charge is 2.19. The van der Waals surface area contributed by atoms with Gasteiger partial charge in [0.1, 0.15) is 0 Å². The molecule has 1 rings (SSSR count). The maximum absolute atomic E-state index is 11.6. The van der Waals surface area contributed by atoms with E-state index in [-0.39, 0.29) is 5.91 Å². The van der Waals surface area contributed by atoms with Crippen LogP contribution in [0.3, 0.4) is 0 Å². The van der Waals surface area contributed by atoms with Crippen LogP contribution in [0.15, 0.2) is 22.8 Å². The molecule has 3 heteroatoms. The third-order valence-electron chi connectivity index (χ3n) is 2.35. The van der Waals surface area contributed by atoms with Gasteiger partial charge in [-0.2, -0.15) is 0 Å². The number of rotatable bonds is 2. The second-order valence-corrected chi connectivity index (χ2v) is 3.29. The Morgan fingerprint density at radius 3 is 2.54 bits per heavy atom. The maximum Gasteiger partial charge on any atom is 0.273 e. The molecule has 0 radical (unpaired) electrons. The SMILES string of the molecule is CON(C)C(=O)C1=CC(C)=C(C)C1. The Balaban J connectivity index is 2.69. The van der Waals surface area contributed by atoms with Gasteiger partial charge in [-0.05, 0) is 20.3 Å². The summed E-state index contributed by atoms with van der Waals surface area (Å²) < 4.78 is 0. The minimum atomic E-state index is -0.0568. The van der Waals surface area contributed by atoms with Crippen molar-refractivity contribution in [2.75, 3.05) is 14.2 Å². The number of carbonyl (C=O) groups excluding carboxylic acids is 1. The van der Waals surface area contributed by atoms with E-state index in [4.69, 9.17) is 4.84 Å². The van der Waals surface area contributed by atoms with Gasteiger partial charge >= 0.3 is 0 Å². The number of hydrogen-bond acceptors (Lipinski definition) is 2. The second kappa shape index (κ2) is 3.75. The van der Waals surface area contributed by atoms with Crippen LogP contribution in [0.5, 0.6) is 0 Å². The van der Waals surface area contributed by atoms with Crippen molar-refractivity contribution in [1.82, 2.24) is 5.06 Å². The molecule has 1 amide bonds. The first-order chi connectivity index (χ1) is 6.06. The summed E-state index contributed by atoms with van der Waals surface area (Å²) in [6.45, 7) is 4.06. The third-order valence-corrected chi connectivity index (χ3v) is 2.35. The van der Waals surface area contributed by atoms with Gasteiger partial charge in [-0.1, -0.05) is 17.2 Å². The molecular formula is C10H15NO2. The Kier molecular flexibility index (Phi) is 2.88. The molecule has 0 bridgehead atoms. The zero-order valence-electron chi connectivity index (χ0n) is 8.55. The zero-order valence-corrected chi connectivity index (χ0v) is 8.55. The van der Waals surface area contributed by atoms with Gasteiger partial charge in [0.25, 0.3) is 5.91 Å². The highest BCUT2D eigenvalue weighted by Crippen LogP contribution is 2.25. The molecule has 13 heavy (non-hydrogen) atoms. The predicted octanol–water partition coefficient (Wildman–Crippen LogP) is 1.67. The maximum atomic E-state index is 11.6. The Morgan fingerprint density at radius 2 is 2.15 bits per heavy atom. The molecule has 0 atom stereocenters. The van der Waals surface area contributed by atoms with Crippen molar-refractivity contribution in [1.29, 1.82) is 0 Å². The quantitative estimate of drug-likeness (QED) is 0.606. The molecule has 0 unspecified atom stereocenters. The van der Waals surface area contributed by atoms with E-state index >= 15 is 0 Å². The van der Waals surface area contributed by atoms with E-state index in [1.807, 2.05) is 19.9 Å². The van der Waals surface area contributed by atoms with Crippen LogP contribution in [0, 0.1) is 0 Å². The average Bonchev–Trinajstić information content (AvgIpc) is 2.44. The minimum absolute atomic E-state index is 0.0568. The number of carbonyl (C=O) groups is 1. The van der Waals surface area contributed by atoms with Crippen LogP contribution >= 0.6 is 0 Å². The van der Waals surface area contributed by atoms with E-state index in [0.29, 0.717) is 0 Å². The summed E-state index contributed by atoms with van der Waals surface area (Å²) in [4.78, 5) is 16.4. The van der Waals surface area contributed by atoms with Gasteiger partial charge in [0.15, 0.2) is 0 Å². The minimum Gasteiger partial charge on any atom is -0.274 e. The summed E-state index contributed by atoms with van der Waals surface area (Å²) in [5, 5.41) is 1.25. The van der Waals surface area contributed by atoms with Crippen molar-refractivity contribution >= 4 is 5.91 Å². The van der Waals surface area contributed by atoms with E-state index in [1.54, 1.807) is 7.05 Å². The molecule has 0 heterocycles. The van der Waals surface area contributed by atoms with Crippen LogP contribution in [-0.4, -0.2) is 25.1 Å². The largest absolute Gasteiger partial charge is 0.274 e. The molecule has 1 aliphatic rings. The highest BCUT2D eigenvalue weighted by atomic mass is 16.7. The van der Waals surface area contributed by atoms with Crippen LogP contribution in [-0.2, 0) is 9.63 Å². The van der Waals surface area contributed by atoms with Crippen LogP contribution in [0.25, 0.3) is 0 Å². The summed E-state index contributed by atoms with van der Waals surface area (Å²) in [5.41, 5.74) is 3.25. The molecule has 0 saturated heterocycles. The fourth-order valence-electron chi connectivity index (χ4n) is 1.28. The summed E-state index contributed by atoms with van der Waals surface area (Å²) >= 11 is 0. The fraction of sp³-hybridized carbons (Fsp3) is 0.500. The molecule has 72 valence electrons. The molecule has 0 aliphatic heterocycles. The monoisotopic (exact) mass is 181 g/mol. The number of likely N-dealkylation sites (N-methyl/N-ethyl adjacent to an activating group) is 1. The Hall–Kier alpha value is -1.09. The lowest BCUT2D eigenvalue weighted by atomic mass is 10.1. The summed E-state index contributed by atoms with van der Waals surface area (Å²) in [5.74, 6) is -0.0568. The molecule has 0 aromatic rings. The van der Waals surface area contributed by atoms with Crippen molar-refractivity contribution in [2.24, 2.45) is 0 Å². The molecule has 0 aromatic carbocycles. The van der Waals surface area contributed by atoms with Crippen LogP contribution in [0.4, 0.5) is 0 Å². The summed E-state index contributed by atoms with van der Waals surface area (Å²) in [6.07, 6.45) is 2.67. The molecule has 0 saturated carbocycles. The van der Waals surface area contributed by atoms with Gasteiger partial charge in [-0.25, -0.2) is 5.06 Å². The van der Waals surface area contributed by atoms with Crippen molar-refractivity contribution < 1.29 is 9.63 Å². The molecule has 0 spiro atoms. The van der Waals surface area contributed by atoms with Gasteiger partial charge in [0, 0.05) is 12.6 Å². The van der Waals surface area contributed by atoms with Gasteiger partial charge in [0.2, 0.25) is 0 Å². The van der Waals surface area contributed by atoms with Crippen molar-refractivity contribution in [3.63, 3.8) is 0 Å². The predicted molar refractivity (Wildman–Crippen MR) is 50.9 cm³/mol. The number of allylic oxidation sites excluding steroid dienone is 3. The molecule has 3 nitrogen and oxygen atoms in total. The van der Waals surface area contributed by atoms with Crippen LogP contribution in [0.2, 0.25) is 0 Å². The Bertz CT molecular complexity index is 289. The smallest absolute Gasteiger partial charge is 0.273 e. The standard InChI is InChI=1S/C10H15NO2/c1-7-5-9(6-8(7)2)10(12)11(3)13-4/h5H,6H2,1-4H3. The molecular weight excluding hydrogens is 166 g/mol. The Morgan fingerprint density at radius 1 is 1.54 bits per heavy atom.